The van der Waals surface area contributed by atoms with Crippen LogP contribution in [-0.2, 0) is 4.74 Å². The lowest BCUT2D eigenvalue weighted by Crippen LogP contribution is -2.32. The van der Waals surface area contributed by atoms with Gasteiger partial charge in [-0.2, -0.15) is 4.68 Å². The van der Waals surface area contributed by atoms with Crippen molar-refractivity contribution in [1.29, 1.82) is 0 Å². The minimum absolute atomic E-state index is 0.124. The molecular formula is C13H15N5O2. The second-order valence-electron chi connectivity index (χ2n) is 4.62. The zero-order valence-corrected chi connectivity index (χ0v) is 10.9. The first-order valence-electron chi connectivity index (χ1n) is 6.57. The number of hydrogen-bond acceptors (Lipinski definition) is 5. The third kappa shape index (κ3) is 2.67. The van der Waals surface area contributed by atoms with E-state index in [0.717, 1.165) is 19.4 Å². The van der Waals surface area contributed by atoms with Gasteiger partial charge in [0.1, 0.15) is 6.33 Å². The van der Waals surface area contributed by atoms with E-state index in [0.29, 0.717) is 17.8 Å². The van der Waals surface area contributed by atoms with Crippen LogP contribution < -0.4 is 5.32 Å². The average Bonchev–Trinajstić information content (AvgIpc) is 3.18. The fraction of sp³-hybridized carbons (Fsp3) is 0.385. The maximum Gasteiger partial charge on any atom is 0.253 e. The minimum Gasteiger partial charge on any atom is -0.376 e. The van der Waals surface area contributed by atoms with Crippen LogP contribution in [0.2, 0.25) is 0 Å². The van der Waals surface area contributed by atoms with Gasteiger partial charge in [-0.05, 0) is 35.4 Å². The van der Waals surface area contributed by atoms with Gasteiger partial charge < -0.3 is 10.1 Å². The molecule has 0 bridgehead atoms. The summed E-state index contributed by atoms with van der Waals surface area (Å²) in [6.45, 7) is 1.31. The molecular weight excluding hydrogens is 258 g/mol. The molecule has 1 saturated heterocycles. The first kappa shape index (κ1) is 12.7. The monoisotopic (exact) mass is 273 g/mol. The SMILES string of the molecule is O=C(NCC1CCCO1)c1ccccc1-n1cnnn1. The second-order valence-corrected chi connectivity index (χ2v) is 4.62. The molecule has 1 atom stereocenters. The van der Waals surface area contributed by atoms with Crippen molar-refractivity contribution in [2.75, 3.05) is 13.2 Å². The summed E-state index contributed by atoms with van der Waals surface area (Å²) in [6.07, 6.45) is 3.64. The highest BCUT2D eigenvalue weighted by atomic mass is 16.5. The molecule has 1 unspecified atom stereocenters. The van der Waals surface area contributed by atoms with Crippen LogP contribution in [0.15, 0.2) is 30.6 Å². The van der Waals surface area contributed by atoms with E-state index in [4.69, 9.17) is 4.74 Å². The molecule has 1 N–H and O–H groups in total. The number of benzene rings is 1. The van der Waals surface area contributed by atoms with Crippen molar-refractivity contribution >= 4 is 5.91 Å². The van der Waals surface area contributed by atoms with Crippen molar-refractivity contribution in [2.24, 2.45) is 0 Å². The summed E-state index contributed by atoms with van der Waals surface area (Å²) in [5.74, 6) is -0.147. The summed E-state index contributed by atoms with van der Waals surface area (Å²) in [5.41, 5.74) is 1.19. The van der Waals surface area contributed by atoms with E-state index in [9.17, 15) is 4.79 Å². The van der Waals surface area contributed by atoms with E-state index in [1.165, 1.54) is 11.0 Å². The molecule has 1 amide bonds. The van der Waals surface area contributed by atoms with Gasteiger partial charge in [0.2, 0.25) is 0 Å². The Bertz CT molecular complexity index is 578. The first-order valence-corrected chi connectivity index (χ1v) is 6.57. The van der Waals surface area contributed by atoms with Gasteiger partial charge in [-0.1, -0.05) is 12.1 Å². The van der Waals surface area contributed by atoms with E-state index in [2.05, 4.69) is 20.8 Å². The van der Waals surface area contributed by atoms with Gasteiger partial charge in [0.05, 0.1) is 17.4 Å². The van der Waals surface area contributed by atoms with Gasteiger partial charge in [-0.25, -0.2) is 0 Å². The van der Waals surface area contributed by atoms with E-state index < -0.39 is 0 Å². The largest absolute Gasteiger partial charge is 0.376 e. The van der Waals surface area contributed by atoms with E-state index in [1.807, 2.05) is 12.1 Å². The van der Waals surface area contributed by atoms with Crippen LogP contribution in [0.25, 0.3) is 5.69 Å². The normalized spacial score (nSPS) is 18.1. The third-order valence-electron chi connectivity index (χ3n) is 3.26. The third-order valence-corrected chi connectivity index (χ3v) is 3.26. The summed E-state index contributed by atoms with van der Waals surface area (Å²) in [5, 5.41) is 13.9. The molecule has 1 aromatic carbocycles. The summed E-state index contributed by atoms with van der Waals surface area (Å²) >= 11 is 0. The van der Waals surface area contributed by atoms with Gasteiger partial charge >= 0.3 is 0 Å². The first-order chi connectivity index (χ1) is 9.84. The number of rotatable bonds is 4. The molecule has 0 radical (unpaired) electrons. The van der Waals surface area contributed by atoms with Crippen LogP contribution in [0.4, 0.5) is 0 Å². The summed E-state index contributed by atoms with van der Waals surface area (Å²) in [6, 6.07) is 7.21. The van der Waals surface area contributed by atoms with Crippen LogP contribution >= 0.6 is 0 Å². The predicted molar refractivity (Wildman–Crippen MR) is 70.5 cm³/mol. The zero-order valence-electron chi connectivity index (χ0n) is 10.9. The maximum absolute atomic E-state index is 12.3. The molecule has 3 rings (SSSR count). The van der Waals surface area contributed by atoms with Crippen molar-refractivity contribution in [2.45, 2.75) is 18.9 Å². The van der Waals surface area contributed by atoms with Gasteiger partial charge in [-0.15, -0.1) is 5.10 Å². The summed E-state index contributed by atoms with van der Waals surface area (Å²) in [7, 11) is 0. The lowest BCUT2D eigenvalue weighted by Gasteiger charge is -2.12. The van der Waals surface area contributed by atoms with Crippen molar-refractivity contribution in [3.63, 3.8) is 0 Å². The van der Waals surface area contributed by atoms with Crippen LogP contribution in [0.3, 0.4) is 0 Å². The quantitative estimate of drug-likeness (QED) is 0.880. The van der Waals surface area contributed by atoms with Crippen molar-refractivity contribution in [3.8, 4) is 5.69 Å². The molecule has 2 heterocycles. The number of tetrazole rings is 1. The number of para-hydroxylation sites is 1. The number of nitrogens with one attached hydrogen (secondary N) is 1. The molecule has 7 nitrogen and oxygen atoms in total. The molecule has 1 aliphatic rings. The fourth-order valence-corrected chi connectivity index (χ4v) is 2.24. The lowest BCUT2D eigenvalue weighted by atomic mass is 10.1. The summed E-state index contributed by atoms with van der Waals surface area (Å²) in [4.78, 5) is 12.3. The van der Waals surface area contributed by atoms with E-state index >= 15 is 0 Å². The Morgan fingerprint density at radius 3 is 3.10 bits per heavy atom. The lowest BCUT2D eigenvalue weighted by molar-refractivity contribution is 0.0857. The molecule has 1 aromatic heterocycles. The molecule has 1 fully saturated rings. The summed E-state index contributed by atoms with van der Waals surface area (Å²) < 4.78 is 6.96. The number of carbonyl (C=O) groups is 1. The fourth-order valence-electron chi connectivity index (χ4n) is 2.24. The van der Waals surface area contributed by atoms with Crippen molar-refractivity contribution < 1.29 is 9.53 Å². The standard InChI is InChI=1S/C13H15N5O2/c19-13(14-8-10-4-3-7-20-10)11-5-1-2-6-12(11)18-9-15-16-17-18/h1-2,5-6,9-10H,3-4,7-8H2,(H,14,19). The number of ether oxygens (including phenoxy) is 1. The molecule has 104 valence electrons. The zero-order chi connectivity index (χ0) is 13.8. The number of carbonyl (C=O) groups excluding carboxylic acids is 1. The molecule has 0 saturated carbocycles. The molecule has 7 heteroatoms. The second kappa shape index (κ2) is 5.79. The van der Waals surface area contributed by atoms with Gasteiger partial charge in [0.25, 0.3) is 5.91 Å². The molecule has 0 aliphatic carbocycles. The highest BCUT2D eigenvalue weighted by molar-refractivity contribution is 5.97. The molecule has 0 spiro atoms. The van der Waals surface area contributed by atoms with Crippen LogP contribution in [0.5, 0.6) is 0 Å². The van der Waals surface area contributed by atoms with Gasteiger partial charge in [0, 0.05) is 13.2 Å². The van der Waals surface area contributed by atoms with Crippen LogP contribution in [-0.4, -0.2) is 45.4 Å². The molecule has 20 heavy (non-hydrogen) atoms. The number of amides is 1. The van der Waals surface area contributed by atoms with E-state index in [1.54, 1.807) is 12.1 Å². The maximum atomic E-state index is 12.3. The minimum atomic E-state index is -0.147. The number of aromatic nitrogens is 4. The van der Waals surface area contributed by atoms with Gasteiger partial charge in [0.15, 0.2) is 0 Å². The highest BCUT2D eigenvalue weighted by Crippen LogP contribution is 2.14. The van der Waals surface area contributed by atoms with Crippen molar-refractivity contribution in [1.82, 2.24) is 25.5 Å². The Balaban J connectivity index is 1.74. The Morgan fingerprint density at radius 2 is 2.35 bits per heavy atom. The molecule has 1 aliphatic heterocycles. The Labute approximate surface area is 115 Å². The predicted octanol–water partition coefficient (Wildman–Crippen LogP) is 0.571. The number of nitrogens with zero attached hydrogens (tertiary/aromatic N) is 4. The smallest absolute Gasteiger partial charge is 0.253 e. The topological polar surface area (TPSA) is 81.9 Å². The van der Waals surface area contributed by atoms with Gasteiger partial charge in [-0.3, -0.25) is 4.79 Å². The van der Waals surface area contributed by atoms with Crippen LogP contribution in [0, 0.1) is 0 Å². The van der Waals surface area contributed by atoms with Crippen LogP contribution in [0.1, 0.15) is 23.2 Å². The Kier molecular flexibility index (Phi) is 3.69. The molecule has 2 aromatic rings. The van der Waals surface area contributed by atoms with E-state index in [-0.39, 0.29) is 12.0 Å². The average molecular weight is 273 g/mol. The highest BCUT2D eigenvalue weighted by Gasteiger charge is 2.18. The Morgan fingerprint density at radius 1 is 1.45 bits per heavy atom. The van der Waals surface area contributed by atoms with Crippen molar-refractivity contribution in [3.05, 3.63) is 36.2 Å². The Hall–Kier alpha value is -2.28. The number of hydrogen-bond donors (Lipinski definition) is 1.